The fourth-order valence-electron chi connectivity index (χ4n) is 2.27. The molecule has 0 spiro atoms. The van der Waals surface area contributed by atoms with Gasteiger partial charge < -0.3 is 9.05 Å². The predicted molar refractivity (Wildman–Crippen MR) is 93.2 cm³/mol. The van der Waals surface area contributed by atoms with Gasteiger partial charge in [0.15, 0.2) is 5.92 Å². The van der Waals surface area contributed by atoms with E-state index in [1.807, 2.05) is 18.2 Å². The highest BCUT2D eigenvalue weighted by Crippen LogP contribution is 2.67. The lowest BCUT2D eigenvalue weighted by molar-refractivity contribution is 0.0440. The van der Waals surface area contributed by atoms with Gasteiger partial charge in [-0.15, -0.1) is 0 Å². The van der Waals surface area contributed by atoms with Crippen molar-refractivity contribution in [1.82, 2.24) is 0 Å². The van der Waals surface area contributed by atoms with E-state index in [2.05, 4.69) is 0 Å². The zero-order valence-electron chi connectivity index (χ0n) is 15.1. The maximum absolute atomic E-state index is 13.8. The predicted octanol–water partition coefficient (Wildman–Crippen LogP) is 5.21. The van der Waals surface area contributed by atoms with Crippen LogP contribution in [0.25, 0.3) is 0 Å². The second-order valence-corrected chi connectivity index (χ2v) is 9.54. The van der Waals surface area contributed by atoms with Crippen molar-refractivity contribution >= 4 is 7.60 Å². The van der Waals surface area contributed by atoms with E-state index in [9.17, 15) is 15.1 Å². The molecule has 1 unspecified atom stereocenters. The lowest BCUT2D eigenvalue weighted by atomic mass is 10.0. The molecule has 1 aromatic carbocycles. The van der Waals surface area contributed by atoms with Crippen molar-refractivity contribution in [2.75, 3.05) is 0 Å². The van der Waals surface area contributed by atoms with Crippen LogP contribution in [0.15, 0.2) is 30.3 Å². The minimum Gasteiger partial charge on any atom is -0.302 e. The molecular formula is C18H25N2O3P. The normalized spacial score (nSPS) is 14.0. The van der Waals surface area contributed by atoms with Gasteiger partial charge in [0.25, 0.3) is 0 Å². The topological polar surface area (TPSA) is 83.1 Å². The van der Waals surface area contributed by atoms with Gasteiger partial charge in [-0.3, -0.25) is 4.57 Å². The second kappa shape index (κ2) is 7.49. The van der Waals surface area contributed by atoms with E-state index in [-0.39, 0.29) is 0 Å². The number of rotatable bonds is 5. The Morgan fingerprint density at radius 1 is 0.917 bits per heavy atom. The van der Waals surface area contributed by atoms with Gasteiger partial charge in [-0.2, -0.15) is 10.5 Å². The monoisotopic (exact) mass is 348 g/mol. The fourth-order valence-corrected chi connectivity index (χ4v) is 5.10. The van der Waals surface area contributed by atoms with E-state index in [4.69, 9.17) is 9.05 Å². The van der Waals surface area contributed by atoms with E-state index in [1.54, 1.807) is 65.8 Å². The van der Waals surface area contributed by atoms with Crippen molar-refractivity contribution in [3.8, 4) is 12.1 Å². The molecule has 0 radical (unpaired) electrons. The van der Waals surface area contributed by atoms with Crippen molar-refractivity contribution in [2.24, 2.45) is 5.92 Å². The lowest BCUT2D eigenvalue weighted by Crippen LogP contribution is -2.27. The van der Waals surface area contributed by atoms with Gasteiger partial charge in [0.05, 0.1) is 23.3 Å². The van der Waals surface area contributed by atoms with Crippen LogP contribution < -0.4 is 0 Å². The number of nitriles is 2. The maximum Gasteiger partial charge on any atom is 0.341 e. The first-order chi connectivity index (χ1) is 10.9. The van der Waals surface area contributed by atoms with Gasteiger partial charge in [0.2, 0.25) is 0 Å². The Hall–Kier alpha value is -1.65. The van der Waals surface area contributed by atoms with Gasteiger partial charge in [-0.05, 0) is 47.1 Å². The number of benzene rings is 1. The molecular weight excluding hydrogens is 323 g/mol. The molecule has 1 rings (SSSR count). The van der Waals surface area contributed by atoms with Crippen LogP contribution in [0.1, 0.15) is 52.8 Å². The summed E-state index contributed by atoms with van der Waals surface area (Å²) in [7, 11) is -3.83. The van der Waals surface area contributed by atoms with Crippen molar-refractivity contribution in [3.63, 3.8) is 0 Å². The third kappa shape index (κ3) is 5.77. The Balaban J connectivity index is 3.54. The summed E-state index contributed by atoms with van der Waals surface area (Å²) in [5.74, 6) is -1.15. The van der Waals surface area contributed by atoms with Gasteiger partial charge in [-0.1, -0.05) is 30.3 Å². The molecule has 130 valence electrons. The van der Waals surface area contributed by atoms with Crippen LogP contribution in [0.2, 0.25) is 0 Å². The molecule has 1 aromatic rings. The van der Waals surface area contributed by atoms with Crippen LogP contribution >= 0.6 is 7.60 Å². The third-order valence-electron chi connectivity index (χ3n) is 2.88. The third-order valence-corrected chi connectivity index (χ3v) is 5.76. The van der Waals surface area contributed by atoms with Crippen molar-refractivity contribution < 1.29 is 13.6 Å². The number of hydrogen-bond donors (Lipinski definition) is 0. The summed E-state index contributed by atoms with van der Waals surface area (Å²) >= 11 is 0. The summed E-state index contributed by atoms with van der Waals surface area (Å²) in [6.45, 7) is 10.6. The molecule has 0 aliphatic carbocycles. The number of hydrogen-bond acceptors (Lipinski definition) is 5. The van der Waals surface area contributed by atoms with Gasteiger partial charge in [0, 0.05) is 0 Å². The summed E-state index contributed by atoms with van der Waals surface area (Å²) in [4.78, 5) is 0. The molecule has 0 aromatic heterocycles. The quantitative estimate of drug-likeness (QED) is 0.682. The average Bonchev–Trinajstić information content (AvgIpc) is 2.41. The summed E-state index contributed by atoms with van der Waals surface area (Å²) in [6, 6.07) is 12.7. The van der Waals surface area contributed by atoms with Gasteiger partial charge in [0.1, 0.15) is 5.66 Å². The Morgan fingerprint density at radius 2 is 1.33 bits per heavy atom. The molecule has 6 heteroatoms. The summed E-state index contributed by atoms with van der Waals surface area (Å²) < 4.78 is 25.4. The summed E-state index contributed by atoms with van der Waals surface area (Å²) in [5.41, 5.74) is -1.92. The zero-order chi connectivity index (χ0) is 18.6. The maximum atomic E-state index is 13.8. The van der Waals surface area contributed by atoms with Crippen molar-refractivity contribution in [1.29, 1.82) is 10.5 Å². The highest BCUT2D eigenvalue weighted by Gasteiger charge is 2.47. The molecule has 1 atom stereocenters. The van der Waals surface area contributed by atoms with E-state index < -0.39 is 30.4 Å². The second-order valence-electron chi connectivity index (χ2n) is 7.54. The Kier molecular flexibility index (Phi) is 6.37. The molecule has 0 heterocycles. The minimum absolute atomic E-state index is 0.586. The smallest absolute Gasteiger partial charge is 0.302 e. The summed E-state index contributed by atoms with van der Waals surface area (Å²) in [5, 5.41) is 18.8. The van der Waals surface area contributed by atoms with E-state index >= 15 is 0 Å². The van der Waals surface area contributed by atoms with Gasteiger partial charge >= 0.3 is 7.60 Å². The van der Waals surface area contributed by atoms with E-state index in [0.717, 1.165) is 0 Å². The van der Waals surface area contributed by atoms with Crippen LogP contribution in [-0.2, 0) is 13.6 Å². The average molecular weight is 348 g/mol. The lowest BCUT2D eigenvalue weighted by Gasteiger charge is -2.36. The number of nitrogens with zero attached hydrogens (tertiary/aromatic N) is 2. The standard InChI is InChI=1S/C18H25N2O3P/c1-17(2,3)22-24(21,23-18(4,5)6)16(15(12-19)13-20)14-10-8-7-9-11-14/h7-11,15-16H,1-6H3. The Bertz CT molecular complexity index is 641. The zero-order valence-corrected chi connectivity index (χ0v) is 16.0. The van der Waals surface area contributed by atoms with Crippen LogP contribution in [0.3, 0.4) is 0 Å². The molecule has 0 saturated carbocycles. The molecule has 24 heavy (non-hydrogen) atoms. The first kappa shape index (κ1) is 20.4. The highest BCUT2D eigenvalue weighted by atomic mass is 31.2. The summed E-state index contributed by atoms with van der Waals surface area (Å²) in [6.07, 6.45) is 0. The molecule has 0 amide bonds. The van der Waals surface area contributed by atoms with E-state index in [0.29, 0.717) is 5.56 Å². The molecule has 0 aliphatic heterocycles. The molecule has 0 bridgehead atoms. The fraction of sp³-hybridized carbons (Fsp3) is 0.556. The van der Waals surface area contributed by atoms with Crippen LogP contribution in [-0.4, -0.2) is 11.2 Å². The first-order valence-electron chi connectivity index (χ1n) is 7.77. The molecule has 0 aliphatic rings. The van der Waals surface area contributed by atoms with Crippen LogP contribution in [0.5, 0.6) is 0 Å². The molecule has 0 saturated heterocycles. The van der Waals surface area contributed by atoms with Crippen LogP contribution in [0.4, 0.5) is 0 Å². The van der Waals surface area contributed by atoms with Crippen LogP contribution in [0, 0.1) is 28.6 Å². The van der Waals surface area contributed by atoms with E-state index in [1.165, 1.54) is 0 Å². The Morgan fingerprint density at radius 3 is 1.67 bits per heavy atom. The molecule has 5 nitrogen and oxygen atoms in total. The van der Waals surface area contributed by atoms with Crippen molar-refractivity contribution in [2.45, 2.75) is 58.4 Å². The Labute approximate surface area is 144 Å². The largest absolute Gasteiger partial charge is 0.341 e. The van der Waals surface area contributed by atoms with Gasteiger partial charge in [-0.25, -0.2) is 0 Å². The SMILES string of the molecule is CC(C)(C)OP(=O)(OC(C)(C)C)C(c1ccccc1)C(C#N)C#N. The first-order valence-corrected chi connectivity index (χ1v) is 9.38. The molecule has 0 N–H and O–H groups in total. The molecule has 0 fully saturated rings. The highest BCUT2D eigenvalue weighted by molar-refractivity contribution is 7.54. The minimum atomic E-state index is -3.83. The van der Waals surface area contributed by atoms with Crippen molar-refractivity contribution in [3.05, 3.63) is 35.9 Å².